The van der Waals surface area contributed by atoms with Gasteiger partial charge in [0.1, 0.15) is 17.6 Å². The van der Waals surface area contributed by atoms with Gasteiger partial charge in [0.15, 0.2) is 0 Å². The minimum absolute atomic E-state index is 0.000175. The van der Waals surface area contributed by atoms with Crippen LogP contribution in [0.3, 0.4) is 0 Å². The zero-order valence-corrected chi connectivity index (χ0v) is 31.5. The lowest BCUT2D eigenvalue weighted by Crippen LogP contribution is -2.55. The first-order chi connectivity index (χ1) is 24.5. The molecule has 3 heterocycles. The number of benzene rings is 3. The number of amidine groups is 1. The number of ether oxygens (including phenoxy) is 1. The molecular formula is C37H44Cl2N6O5S. The molecule has 0 bridgehead atoms. The summed E-state index contributed by atoms with van der Waals surface area (Å²) in [5.74, 6) is 0.731. The Labute approximate surface area is 310 Å². The molecule has 3 amide bonds. The van der Waals surface area contributed by atoms with Crippen LogP contribution in [-0.4, -0.2) is 117 Å². The normalized spacial score (nSPS) is 20.3. The van der Waals surface area contributed by atoms with Crippen LogP contribution in [0.4, 0.5) is 4.79 Å². The predicted octanol–water partition coefficient (Wildman–Crippen LogP) is 5.94. The monoisotopic (exact) mass is 754 g/mol. The van der Waals surface area contributed by atoms with E-state index in [1.165, 1.54) is 4.31 Å². The van der Waals surface area contributed by atoms with Gasteiger partial charge in [-0.1, -0.05) is 53.9 Å². The van der Waals surface area contributed by atoms with Crippen LogP contribution in [0.2, 0.25) is 10.0 Å². The average Bonchev–Trinajstić information content (AvgIpc) is 3.53. The molecule has 0 radical (unpaired) electrons. The lowest BCUT2D eigenvalue weighted by Gasteiger charge is -2.39. The van der Waals surface area contributed by atoms with Gasteiger partial charge in [0.25, 0.3) is 0 Å². The number of amides is 3. The van der Waals surface area contributed by atoms with Crippen molar-refractivity contribution in [3.63, 3.8) is 0 Å². The van der Waals surface area contributed by atoms with E-state index in [-0.39, 0.29) is 23.4 Å². The number of nitrogens with zero attached hydrogens (tertiary/aromatic N) is 6. The minimum atomic E-state index is -3.82. The van der Waals surface area contributed by atoms with Crippen molar-refractivity contribution in [2.45, 2.75) is 43.2 Å². The fraction of sp³-hybridized carbons (Fsp3) is 0.432. The van der Waals surface area contributed by atoms with Gasteiger partial charge in [-0.3, -0.25) is 19.6 Å². The molecule has 0 saturated carbocycles. The Bertz CT molecular complexity index is 1860. The van der Waals surface area contributed by atoms with Gasteiger partial charge in [-0.15, -0.1) is 0 Å². The number of likely N-dealkylation sites (N-methyl/N-ethyl adjacent to an activating group) is 1. The third kappa shape index (κ3) is 8.05. The van der Waals surface area contributed by atoms with Crippen molar-refractivity contribution < 1.29 is 22.7 Å². The van der Waals surface area contributed by atoms with E-state index in [0.29, 0.717) is 73.1 Å². The highest BCUT2D eigenvalue weighted by atomic mass is 35.5. The van der Waals surface area contributed by atoms with Gasteiger partial charge in [0, 0.05) is 63.4 Å². The van der Waals surface area contributed by atoms with E-state index in [1.54, 1.807) is 71.3 Å². The van der Waals surface area contributed by atoms with Gasteiger partial charge in [0.2, 0.25) is 15.9 Å². The predicted molar refractivity (Wildman–Crippen MR) is 199 cm³/mol. The van der Waals surface area contributed by atoms with E-state index in [4.69, 9.17) is 32.9 Å². The lowest BCUT2D eigenvalue weighted by atomic mass is 9.93. The van der Waals surface area contributed by atoms with Gasteiger partial charge in [-0.05, 0) is 73.4 Å². The number of rotatable bonds is 9. The van der Waals surface area contributed by atoms with Crippen molar-refractivity contribution in [3.8, 4) is 5.75 Å². The Morgan fingerprint density at radius 3 is 2.04 bits per heavy atom. The zero-order chi connectivity index (χ0) is 36.3. The van der Waals surface area contributed by atoms with E-state index in [0.717, 1.165) is 30.4 Å². The fourth-order valence-corrected chi connectivity index (χ4v) is 8.61. The standard InChI is InChI=1S/C37H44Cl2N6O5S/c1-4-50-32-17-16-30(51(48,49)44-18-6-5-7-19-44)24-31(32)36-40-34(26-8-12-28(38)13-9-26)35(27-10-14-29(39)15-11-27)45(36)37(47)43-22-20-42(21-23-43)25-33(46)41(2)3/h8-17,24,34-35H,4-7,18-23,25H2,1-3H3. The molecule has 2 saturated heterocycles. The van der Waals surface area contributed by atoms with Crippen molar-refractivity contribution in [1.29, 1.82) is 0 Å². The smallest absolute Gasteiger partial charge is 0.326 e. The summed E-state index contributed by atoms with van der Waals surface area (Å²) in [7, 11) is -0.365. The highest BCUT2D eigenvalue weighted by Gasteiger charge is 2.45. The Hall–Kier alpha value is -3.68. The van der Waals surface area contributed by atoms with Gasteiger partial charge < -0.3 is 14.5 Å². The Morgan fingerprint density at radius 1 is 0.843 bits per heavy atom. The third-order valence-electron chi connectivity index (χ3n) is 9.64. The first-order valence-corrected chi connectivity index (χ1v) is 19.5. The summed E-state index contributed by atoms with van der Waals surface area (Å²) in [5, 5.41) is 1.12. The zero-order valence-electron chi connectivity index (χ0n) is 29.2. The van der Waals surface area contributed by atoms with Gasteiger partial charge in [-0.2, -0.15) is 4.31 Å². The lowest BCUT2D eigenvalue weighted by molar-refractivity contribution is -0.130. The number of hydrogen-bond acceptors (Lipinski definition) is 7. The quantitative estimate of drug-likeness (QED) is 0.268. The molecule has 3 aromatic carbocycles. The third-order valence-corrected chi connectivity index (χ3v) is 12.0. The molecule has 0 aliphatic carbocycles. The first kappa shape index (κ1) is 37.1. The summed E-state index contributed by atoms with van der Waals surface area (Å²) in [5.41, 5.74) is 2.04. The maximum absolute atomic E-state index is 15.0. The number of piperidine rings is 1. The van der Waals surface area contributed by atoms with E-state index < -0.39 is 22.1 Å². The summed E-state index contributed by atoms with van der Waals surface area (Å²) in [6, 6.07) is 18.1. The number of carbonyl (C=O) groups is 2. The second-order valence-corrected chi connectivity index (χ2v) is 16.0. The maximum Gasteiger partial charge on any atom is 0.326 e. The molecule has 14 heteroatoms. The van der Waals surface area contributed by atoms with E-state index in [2.05, 4.69) is 0 Å². The molecule has 11 nitrogen and oxygen atoms in total. The number of halogens is 2. The topological polar surface area (TPSA) is 106 Å². The van der Waals surface area contributed by atoms with Crippen molar-refractivity contribution in [2.24, 2.45) is 4.99 Å². The summed E-state index contributed by atoms with van der Waals surface area (Å²) in [4.78, 5) is 39.8. The summed E-state index contributed by atoms with van der Waals surface area (Å²) in [6.07, 6.45) is 2.60. The molecule has 51 heavy (non-hydrogen) atoms. The molecular weight excluding hydrogens is 711 g/mol. The molecule has 2 fully saturated rings. The minimum Gasteiger partial charge on any atom is -0.493 e. The molecule has 0 aromatic heterocycles. The largest absolute Gasteiger partial charge is 0.493 e. The van der Waals surface area contributed by atoms with Crippen LogP contribution in [-0.2, 0) is 14.8 Å². The molecule has 0 spiro atoms. The fourth-order valence-electron chi connectivity index (χ4n) is 6.82. The molecule has 3 aromatic rings. The number of hydrogen-bond donors (Lipinski definition) is 0. The average molecular weight is 756 g/mol. The SMILES string of the molecule is CCOc1ccc(S(=O)(=O)N2CCCCC2)cc1C1=NC(c2ccc(Cl)cc2)C(c2ccc(Cl)cc2)N1C(=O)N1CCN(CC(=O)N(C)C)CC1. The second kappa shape index (κ2) is 15.9. The number of sulfonamides is 1. The summed E-state index contributed by atoms with van der Waals surface area (Å²) in [6.45, 7) is 5.19. The molecule has 0 N–H and O–H groups in total. The Kier molecular flexibility index (Phi) is 11.6. The van der Waals surface area contributed by atoms with E-state index >= 15 is 0 Å². The number of urea groups is 1. The van der Waals surface area contributed by atoms with Crippen LogP contribution >= 0.6 is 23.2 Å². The molecule has 2 atom stereocenters. The molecule has 272 valence electrons. The van der Waals surface area contributed by atoms with Crippen molar-refractivity contribution in [2.75, 3.05) is 66.5 Å². The molecule has 3 aliphatic rings. The van der Waals surface area contributed by atoms with Gasteiger partial charge >= 0.3 is 6.03 Å². The summed E-state index contributed by atoms with van der Waals surface area (Å²) >= 11 is 12.6. The molecule has 6 rings (SSSR count). The van der Waals surface area contributed by atoms with Crippen LogP contribution in [0, 0.1) is 0 Å². The van der Waals surface area contributed by atoms with E-state index in [9.17, 15) is 18.0 Å². The molecule has 3 aliphatic heterocycles. The van der Waals surface area contributed by atoms with Crippen LogP contribution < -0.4 is 4.74 Å². The van der Waals surface area contributed by atoms with E-state index in [1.807, 2.05) is 36.1 Å². The number of carbonyl (C=O) groups excluding carboxylic acids is 2. The first-order valence-electron chi connectivity index (χ1n) is 17.3. The highest BCUT2D eigenvalue weighted by Crippen LogP contribution is 2.46. The van der Waals surface area contributed by atoms with Crippen LogP contribution in [0.25, 0.3) is 0 Å². The van der Waals surface area contributed by atoms with Crippen LogP contribution in [0.5, 0.6) is 5.75 Å². The van der Waals surface area contributed by atoms with Crippen molar-refractivity contribution in [1.82, 2.24) is 23.9 Å². The maximum atomic E-state index is 15.0. The van der Waals surface area contributed by atoms with Crippen molar-refractivity contribution in [3.05, 3.63) is 93.5 Å². The summed E-state index contributed by atoms with van der Waals surface area (Å²) < 4.78 is 35.6. The number of piperazine rings is 1. The van der Waals surface area contributed by atoms with Crippen LogP contribution in [0.15, 0.2) is 76.6 Å². The highest BCUT2D eigenvalue weighted by molar-refractivity contribution is 7.89. The van der Waals surface area contributed by atoms with Gasteiger partial charge in [0.05, 0.1) is 29.7 Å². The van der Waals surface area contributed by atoms with Gasteiger partial charge in [-0.25, -0.2) is 13.2 Å². The second-order valence-electron chi connectivity index (χ2n) is 13.2. The van der Waals surface area contributed by atoms with Crippen LogP contribution in [0.1, 0.15) is 55.0 Å². The van der Waals surface area contributed by atoms with Crippen molar-refractivity contribution >= 4 is 51.0 Å². The molecule has 2 unspecified atom stereocenters. The Balaban J connectivity index is 1.47. The number of aliphatic imine (C=N–C) groups is 1. The Morgan fingerprint density at radius 2 is 1.45 bits per heavy atom.